The maximum Gasteiger partial charge on any atom is 0.223 e. The van der Waals surface area contributed by atoms with E-state index >= 15 is 0 Å². The number of carbonyl (C=O) groups excluding carboxylic acids is 1. The van der Waals surface area contributed by atoms with E-state index in [0.29, 0.717) is 19.7 Å². The lowest BCUT2D eigenvalue weighted by Gasteiger charge is -2.30. The molecular formula is C28H31FN6O2S. The number of ether oxygens (including phenoxy) is 1. The summed E-state index contributed by atoms with van der Waals surface area (Å²) in [6, 6.07) is 18.3. The van der Waals surface area contributed by atoms with Crippen molar-refractivity contribution in [1.29, 1.82) is 0 Å². The van der Waals surface area contributed by atoms with Crippen LogP contribution in [0.1, 0.15) is 31.0 Å². The van der Waals surface area contributed by atoms with E-state index in [1.807, 2.05) is 49.5 Å². The highest BCUT2D eigenvalue weighted by Crippen LogP contribution is 2.29. The lowest BCUT2D eigenvalue weighted by Crippen LogP contribution is -2.40. The Hall–Kier alpha value is -3.92. The molecule has 2 N–H and O–H groups in total. The number of aromatic nitrogens is 3. The standard InChI is InChI=1S/C28H31FN6O2S/c1-2-37-25-10-8-23(9-11-25)30-19-24-7-4-14-35(24)28-33-32-27(38-28)34-15-12-21(13-16-34)26(36)31-18-20-5-3-6-22(29)17-20/h3-11,14,17,21,30H,2,12-13,15-16,18-19H2,1H3,(H,31,36). The van der Waals surface area contributed by atoms with E-state index in [1.54, 1.807) is 17.4 Å². The Morgan fingerprint density at radius 3 is 2.61 bits per heavy atom. The molecule has 38 heavy (non-hydrogen) atoms. The molecule has 2 aromatic heterocycles. The first kappa shape index (κ1) is 25.7. The van der Waals surface area contributed by atoms with Gasteiger partial charge in [-0.25, -0.2) is 4.39 Å². The average molecular weight is 535 g/mol. The average Bonchev–Trinajstić information content (AvgIpc) is 3.61. The second-order valence-corrected chi connectivity index (χ2v) is 10.1. The molecule has 3 heterocycles. The third kappa shape index (κ3) is 6.31. The summed E-state index contributed by atoms with van der Waals surface area (Å²) in [5, 5.41) is 16.9. The molecule has 2 aromatic carbocycles. The lowest BCUT2D eigenvalue weighted by molar-refractivity contribution is -0.125. The summed E-state index contributed by atoms with van der Waals surface area (Å²) in [5.74, 6) is 0.523. The predicted octanol–water partition coefficient (Wildman–Crippen LogP) is 5.01. The summed E-state index contributed by atoms with van der Waals surface area (Å²) >= 11 is 1.55. The van der Waals surface area contributed by atoms with Crippen LogP contribution >= 0.6 is 11.3 Å². The van der Waals surface area contributed by atoms with Gasteiger partial charge in [-0.05, 0) is 73.9 Å². The summed E-state index contributed by atoms with van der Waals surface area (Å²) in [5.41, 5.74) is 2.86. The van der Waals surface area contributed by atoms with Gasteiger partial charge in [-0.3, -0.25) is 9.36 Å². The number of nitrogens with zero attached hydrogens (tertiary/aromatic N) is 4. The Bertz CT molecular complexity index is 1350. The molecule has 1 aliphatic heterocycles. The molecule has 198 valence electrons. The smallest absolute Gasteiger partial charge is 0.223 e. The van der Waals surface area contributed by atoms with Crippen molar-refractivity contribution in [3.8, 4) is 10.9 Å². The number of hydrogen-bond acceptors (Lipinski definition) is 7. The number of nitrogens with one attached hydrogen (secondary N) is 2. The number of hydrogen-bond donors (Lipinski definition) is 2. The first-order valence-electron chi connectivity index (χ1n) is 12.8. The number of amides is 1. The zero-order chi connectivity index (χ0) is 26.3. The summed E-state index contributed by atoms with van der Waals surface area (Å²) in [7, 11) is 0. The quantitative estimate of drug-likeness (QED) is 0.298. The molecule has 0 radical (unpaired) electrons. The van der Waals surface area contributed by atoms with E-state index in [1.165, 1.54) is 12.1 Å². The van der Waals surface area contributed by atoms with Crippen LogP contribution in [-0.4, -0.2) is 40.4 Å². The normalized spacial score (nSPS) is 13.9. The predicted molar refractivity (Wildman–Crippen MR) is 147 cm³/mol. The molecule has 0 aliphatic carbocycles. The second-order valence-electron chi connectivity index (χ2n) is 9.16. The molecule has 1 aliphatic rings. The van der Waals surface area contributed by atoms with Gasteiger partial charge in [0.1, 0.15) is 11.6 Å². The molecule has 0 saturated carbocycles. The highest BCUT2D eigenvalue weighted by Gasteiger charge is 2.26. The van der Waals surface area contributed by atoms with Gasteiger partial charge >= 0.3 is 0 Å². The Labute approximate surface area is 225 Å². The third-order valence-corrected chi connectivity index (χ3v) is 7.56. The summed E-state index contributed by atoms with van der Waals surface area (Å²) in [6.07, 6.45) is 3.48. The van der Waals surface area contributed by atoms with Crippen LogP contribution in [0, 0.1) is 11.7 Å². The molecule has 0 spiro atoms. The van der Waals surface area contributed by atoms with Crippen molar-refractivity contribution in [1.82, 2.24) is 20.1 Å². The lowest BCUT2D eigenvalue weighted by atomic mass is 9.96. The van der Waals surface area contributed by atoms with Gasteiger partial charge in [0.05, 0.1) is 13.2 Å². The van der Waals surface area contributed by atoms with E-state index < -0.39 is 0 Å². The summed E-state index contributed by atoms with van der Waals surface area (Å²) in [6.45, 7) is 5.08. The highest BCUT2D eigenvalue weighted by atomic mass is 32.1. The molecular weight excluding hydrogens is 503 g/mol. The molecule has 0 atom stereocenters. The fraction of sp³-hybridized carbons (Fsp3) is 0.321. The number of piperidine rings is 1. The SMILES string of the molecule is CCOc1ccc(NCc2cccn2-c2nnc(N3CCC(C(=O)NCc4cccc(F)c4)CC3)s2)cc1. The highest BCUT2D eigenvalue weighted by molar-refractivity contribution is 7.17. The van der Waals surface area contributed by atoms with Gasteiger partial charge in [-0.15, -0.1) is 10.2 Å². The Morgan fingerprint density at radius 2 is 1.84 bits per heavy atom. The number of anilines is 2. The van der Waals surface area contributed by atoms with Crippen LogP contribution in [0.25, 0.3) is 5.13 Å². The van der Waals surface area contributed by atoms with Crippen molar-refractivity contribution < 1.29 is 13.9 Å². The molecule has 0 bridgehead atoms. The molecule has 1 amide bonds. The third-order valence-electron chi connectivity index (χ3n) is 6.57. The topological polar surface area (TPSA) is 84.3 Å². The van der Waals surface area contributed by atoms with Gasteiger partial charge in [-0.2, -0.15) is 0 Å². The van der Waals surface area contributed by atoms with Crippen molar-refractivity contribution >= 4 is 28.1 Å². The second kappa shape index (κ2) is 12.1. The van der Waals surface area contributed by atoms with Crippen LogP contribution in [-0.2, 0) is 17.9 Å². The summed E-state index contributed by atoms with van der Waals surface area (Å²) < 4.78 is 20.9. The number of benzene rings is 2. The van der Waals surface area contributed by atoms with Crippen LogP contribution in [0.5, 0.6) is 5.75 Å². The zero-order valence-corrected chi connectivity index (χ0v) is 22.1. The van der Waals surface area contributed by atoms with Crippen molar-refractivity contribution in [2.75, 3.05) is 29.9 Å². The molecule has 1 fully saturated rings. The summed E-state index contributed by atoms with van der Waals surface area (Å²) in [4.78, 5) is 14.8. The number of rotatable bonds is 10. The monoisotopic (exact) mass is 534 g/mol. The van der Waals surface area contributed by atoms with Crippen molar-refractivity contribution in [3.05, 3.63) is 83.9 Å². The van der Waals surface area contributed by atoms with E-state index in [4.69, 9.17) is 4.74 Å². The molecule has 8 nitrogen and oxygen atoms in total. The van der Waals surface area contributed by atoms with Gasteiger partial charge in [-0.1, -0.05) is 23.5 Å². The van der Waals surface area contributed by atoms with E-state index in [0.717, 1.165) is 58.9 Å². The molecule has 5 rings (SSSR count). The maximum atomic E-state index is 13.4. The Kier molecular flexibility index (Phi) is 8.18. The largest absolute Gasteiger partial charge is 0.494 e. The molecule has 1 saturated heterocycles. The van der Waals surface area contributed by atoms with Crippen molar-refractivity contribution in [2.24, 2.45) is 5.92 Å². The zero-order valence-electron chi connectivity index (χ0n) is 21.3. The molecule has 0 unspecified atom stereocenters. The molecule has 10 heteroatoms. The first-order chi connectivity index (χ1) is 18.6. The van der Waals surface area contributed by atoms with Crippen LogP contribution in [0.4, 0.5) is 15.2 Å². The van der Waals surface area contributed by atoms with Gasteiger partial charge < -0.3 is 20.3 Å². The Morgan fingerprint density at radius 1 is 1.05 bits per heavy atom. The van der Waals surface area contributed by atoms with Gasteiger partial charge in [0.15, 0.2) is 0 Å². The minimum Gasteiger partial charge on any atom is -0.494 e. The number of halogens is 1. The van der Waals surface area contributed by atoms with E-state index in [2.05, 4.69) is 36.4 Å². The number of carbonyl (C=O) groups is 1. The molecule has 4 aromatic rings. The van der Waals surface area contributed by atoms with Gasteiger partial charge in [0, 0.05) is 43.1 Å². The fourth-order valence-corrected chi connectivity index (χ4v) is 5.44. The van der Waals surface area contributed by atoms with E-state index in [-0.39, 0.29) is 17.6 Å². The van der Waals surface area contributed by atoms with Gasteiger partial charge in [0.2, 0.25) is 16.2 Å². The maximum absolute atomic E-state index is 13.4. The van der Waals surface area contributed by atoms with Crippen LogP contribution in [0.2, 0.25) is 0 Å². The van der Waals surface area contributed by atoms with Crippen LogP contribution in [0.15, 0.2) is 66.9 Å². The van der Waals surface area contributed by atoms with Crippen molar-refractivity contribution in [3.63, 3.8) is 0 Å². The minimum absolute atomic E-state index is 0.0175. The first-order valence-corrected chi connectivity index (χ1v) is 13.6. The van der Waals surface area contributed by atoms with Crippen LogP contribution in [0.3, 0.4) is 0 Å². The van der Waals surface area contributed by atoms with Crippen LogP contribution < -0.4 is 20.3 Å². The van der Waals surface area contributed by atoms with Gasteiger partial charge in [0.25, 0.3) is 0 Å². The minimum atomic E-state index is -0.294. The fourth-order valence-electron chi connectivity index (χ4n) is 4.52. The van der Waals surface area contributed by atoms with Crippen molar-refractivity contribution in [2.45, 2.75) is 32.9 Å². The van der Waals surface area contributed by atoms with E-state index in [9.17, 15) is 9.18 Å². The Balaban J connectivity index is 1.13.